The van der Waals surface area contributed by atoms with E-state index < -0.39 is 0 Å². The molecule has 0 fully saturated rings. The van der Waals surface area contributed by atoms with Gasteiger partial charge in [-0.15, -0.1) is 0 Å². The molecule has 22 heavy (non-hydrogen) atoms. The molecule has 0 atom stereocenters. The summed E-state index contributed by atoms with van der Waals surface area (Å²) in [6.45, 7) is 2.24. The van der Waals surface area contributed by atoms with Crippen LogP contribution in [0.4, 0.5) is 0 Å². The number of pyridine rings is 1. The van der Waals surface area contributed by atoms with Gasteiger partial charge in [-0.2, -0.15) is 4.98 Å². The molecule has 0 saturated heterocycles. The summed E-state index contributed by atoms with van der Waals surface area (Å²) in [6.07, 6.45) is 1.49. The smallest absolute Gasteiger partial charge is 0.215 e. The van der Waals surface area contributed by atoms with Crippen molar-refractivity contribution in [3.05, 3.63) is 47.8 Å². The third-order valence-corrected chi connectivity index (χ3v) is 3.68. The monoisotopic (exact) mass is 297 g/mol. The Morgan fingerprint density at radius 2 is 1.86 bits per heavy atom. The second kappa shape index (κ2) is 6.15. The van der Waals surface area contributed by atoms with Crippen LogP contribution in [-0.4, -0.2) is 33.4 Å². The first-order valence-electron chi connectivity index (χ1n) is 7.39. The maximum Gasteiger partial charge on any atom is 0.215 e. The second-order valence-corrected chi connectivity index (χ2v) is 5.05. The number of aromatic nitrogens is 3. The quantitative estimate of drug-likeness (QED) is 0.786. The highest BCUT2D eigenvalue weighted by Gasteiger charge is 2.13. The Kier molecular flexibility index (Phi) is 4.06. The number of aryl methyl sites for hydroxylation is 1. The van der Waals surface area contributed by atoms with E-state index in [1.807, 2.05) is 24.3 Å². The lowest BCUT2D eigenvalue weighted by Crippen LogP contribution is -2.00. The van der Waals surface area contributed by atoms with Gasteiger partial charge in [0, 0.05) is 24.8 Å². The van der Waals surface area contributed by atoms with Crippen molar-refractivity contribution in [2.45, 2.75) is 19.8 Å². The van der Waals surface area contributed by atoms with Crippen molar-refractivity contribution >= 4 is 11.2 Å². The minimum absolute atomic E-state index is 0.164. The molecule has 0 aliphatic carbocycles. The van der Waals surface area contributed by atoms with Crippen molar-refractivity contribution in [2.24, 2.45) is 0 Å². The molecule has 0 aliphatic heterocycles. The third-order valence-electron chi connectivity index (χ3n) is 3.68. The van der Waals surface area contributed by atoms with Crippen LogP contribution < -0.4 is 4.74 Å². The van der Waals surface area contributed by atoms with Crippen LogP contribution in [-0.2, 0) is 12.8 Å². The van der Waals surface area contributed by atoms with Crippen molar-refractivity contribution in [3.8, 4) is 11.6 Å². The molecule has 0 aliphatic rings. The van der Waals surface area contributed by atoms with Crippen molar-refractivity contribution in [2.75, 3.05) is 13.7 Å². The average Bonchev–Trinajstić information content (AvgIpc) is 2.93. The zero-order chi connectivity index (χ0) is 15.5. The van der Waals surface area contributed by atoms with Crippen LogP contribution in [0.1, 0.15) is 18.3 Å². The van der Waals surface area contributed by atoms with Crippen molar-refractivity contribution in [3.63, 3.8) is 0 Å². The van der Waals surface area contributed by atoms with Crippen LogP contribution in [0.5, 0.6) is 5.88 Å². The zero-order valence-corrected chi connectivity index (χ0v) is 12.8. The maximum absolute atomic E-state index is 9.01. The molecule has 0 bridgehead atoms. The third kappa shape index (κ3) is 2.55. The number of benzene rings is 1. The standard InChI is InChI=1S/C17H19N3O2/c1-3-15-18-17-14(8-9-16(19-17)22-2)20(15)13-6-4-12(5-7-13)10-11-21/h4-9,21H,3,10-11H2,1-2H3. The molecule has 5 nitrogen and oxygen atoms in total. The molecule has 114 valence electrons. The van der Waals surface area contributed by atoms with Gasteiger partial charge in [0.25, 0.3) is 0 Å². The molecule has 1 N–H and O–H groups in total. The van der Waals surface area contributed by atoms with Gasteiger partial charge in [0.15, 0.2) is 5.65 Å². The van der Waals surface area contributed by atoms with Crippen LogP contribution in [0.2, 0.25) is 0 Å². The summed E-state index contributed by atoms with van der Waals surface area (Å²) in [5.41, 5.74) is 3.82. The second-order valence-electron chi connectivity index (χ2n) is 5.05. The van der Waals surface area contributed by atoms with Crippen molar-refractivity contribution in [1.82, 2.24) is 14.5 Å². The van der Waals surface area contributed by atoms with E-state index in [0.29, 0.717) is 17.9 Å². The summed E-state index contributed by atoms with van der Waals surface area (Å²) < 4.78 is 7.28. The minimum Gasteiger partial charge on any atom is -0.481 e. The minimum atomic E-state index is 0.164. The van der Waals surface area contributed by atoms with Gasteiger partial charge in [-0.3, -0.25) is 4.57 Å². The number of hydrogen-bond acceptors (Lipinski definition) is 4. The fraction of sp³-hybridized carbons (Fsp3) is 0.294. The van der Waals surface area contributed by atoms with E-state index in [9.17, 15) is 0 Å². The molecule has 0 spiro atoms. The molecule has 1 aromatic carbocycles. The summed E-state index contributed by atoms with van der Waals surface area (Å²) in [5.74, 6) is 1.53. The van der Waals surface area contributed by atoms with Crippen LogP contribution >= 0.6 is 0 Å². The number of ether oxygens (including phenoxy) is 1. The fourth-order valence-electron chi connectivity index (χ4n) is 2.57. The lowest BCUT2D eigenvalue weighted by Gasteiger charge is -2.09. The van der Waals surface area contributed by atoms with Crippen LogP contribution in [0.15, 0.2) is 36.4 Å². The molecular weight excluding hydrogens is 278 g/mol. The molecule has 2 heterocycles. The van der Waals surface area contributed by atoms with Gasteiger partial charge in [0.2, 0.25) is 5.88 Å². The molecule has 0 unspecified atom stereocenters. The van der Waals surface area contributed by atoms with E-state index >= 15 is 0 Å². The number of rotatable bonds is 5. The largest absolute Gasteiger partial charge is 0.481 e. The van der Waals surface area contributed by atoms with Gasteiger partial charge in [-0.05, 0) is 30.2 Å². The molecule has 2 aromatic heterocycles. The number of imidazole rings is 1. The Balaban J connectivity index is 2.12. The average molecular weight is 297 g/mol. The molecular formula is C17H19N3O2. The predicted octanol–water partition coefficient (Wildman–Crippen LogP) is 2.53. The number of aliphatic hydroxyl groups excluding tert-OH is 1. The molecule has 0 amide bonds. The maximum atomic E-state index is 9.01. The predicted molar refractivity (Wildman–Crippen MR) is 85.6 cm³/mol. The Labute approximate surface area is 129 Å². The van der Waals surface area contributed by atoms with E-state index in [0.717, 1.165) is 29.0 Å². The Hall–Kier alpha value is -2.40. The van der Waals surface area contributed by atoms with E-state index in [1.165, 1.54) is 0 Å². The Morgan fingerprint density at radius 1 is 1.09 bits per heavy atom. The van der Waals surface area contributed by atoms with E-state index in [2.05, 4.69) is 33.6 Å². The van der Waals surface area contributed by atoms with E-state index in [1.54, 1.807) is 7.11 Å². The topological polar surface area (TPSA) is 60.2 Å². The first-order chi connectivity index (χ1) is 10.8. The molecule has 0 saturated carbocycles. The first kappa shape index (κ1) is 14.5. The van der Waals surface area contributed by atoms with Gasteiger partial charge in [0.05, 0.1) is 12.6 Å². The lowest BCUT2D eigenvalue weighted by atomic mass is 10.1. The number of fused-ring (bicyclic) bond motifs is 1. The summed E-state index contributed by atoms with van der Waals surface area (Å²) >= 11 is 0. The fourth-order valence-corrected chi connectivity index (χ4v) is 2.57. The Morgan fingerprint density at radius 3 is 2.50 bits per heavy atom. The van der Waals surface area contributed by atoms with E-state index in [-0.39, 0.29) is 6.61 Å². The van der Waals surface area contributed by atoms with Gasteiger partial charge >= 0.3 is 0 Å². The highest BCUT2D eigenvalue weighted by molar-refractivity contribution is 5.75. The zero-order valence-electron chi connectivity index (χ0n) is 12.8. The number of hydrogen-bond donors (Lipinski definition) is 1. The SMILES string of the molecule is CCc1nc2nc(OC)ccc2n1-c1ccc(CCO)cc1. The number of aliphatic hydroxyl groups is 1. The van der Waals surface area contributed by atoms with Crippen LogP contribution in [0.3, 0.4) is 0 Å². The van der Waals surface area contributed by atoms with E-state index in [4.69, 9.17) is 9.84 Å². The summed E-state index contributed by atoms with van der Waals surface area (Å²) in [6, 6.07) is 12.0. The number of methoxy groups -OCH3 is 1. The molecule has 3 aromatic rings. The highest BCUT2D eigenvalue weighted by Crippen LogP contribution is 2.23. The molecule has 5 heteroatoms. The highest BCUT2D eigenvalue weighted by atomic mass is 16.5. The van der Waals surface area contributed by atoms with Gasteiger partial charge in [-0.25, -0.2) is 4.98 Å². The molecule has 0 radical (unpaired) electrons. The van der Waals surface area contributed by atoms with Crippen LogP contribution in [0.25, 0.3) is 16.9 Å². The van der Waals surface area contributed by atoms with Gasteiger partial charge < -0.3 is 9.84 Å². The first-order valence-corrected chi connectivity index (χ1v) is 7.39. The summed E-state index contributed by atoms with van der Waals surface area (Å²) in [7, 11) is 1.60. The Bertz CT molecular complexity index is 778. The van der Waals surface area contributed by atoms with Gasteiger partial charge in [0.1, 0.15) is 5.82 Å². The summed E-state index contributed by atoms with van der Waals surface area (Å²) in [4.78, 5) is 9.02. The summed E-state index contributed by atoms with van der Waals surface area (Å²) in [5, 5.41) is 9.01. The number of nitrogens with zero attached hydrogens (tertiary/aromatic N) is 3. The van der Waals surface area contributed by atoms with Crippen LogP contribution in [0, 0.1) is 0 Å². The van der Waals surface area contributed by atoms with Gasteiger partial charge in [-0.1, -0.05) is 19.1 Å². The normalized spacial score (nSPS) is 11.0. The molecule has 3 rings (SSSR count). The van der Waals surface area contributed by atoms with Crippen molar-refractivity contribution in [1.29, 1.82) is 0 Å². The van der Waals surface area contributed by atoms with Crippen molar-refractivity contribution < 1.29 is 9.84 Å². The lowest BCUT2D eigenvalue weighted by molar-refractivity contribution is 0.299.